The van der Waals surface area contributed by atoms with Gasteiger partial charge in [-0.25, -0.2) is 4.79 Å². The molecule has 0 bridgehead atoms. The third kappa shape index (κ3) is 4.01. The number of cyclic esters (lactones) is 1. The summed E-state index contributed by atoms with van der Waals surface area (Å²) in [6.45, 7) is 3.96. The molecule has 3 aromatic carbocycles. The van der Waals surface area contributed by atoms with Crippen molar-refractivity contribution < 1.29 is 19.7 Å². The van der Waals surface area contributed by atoms with Gasteiger partial charge in [-0.1, -0.05) is 105 Å². The lowest BCUT2D eigenvalue weighted by Gasteiger charge is -2.47. The number of aliphatic hydroxyl groups is 2. The number of esters is 1. The summed E-state index contributed by atoms with van der Waals surface area (Å²) in [7, 11) is 0. The topological polar surface area (TPSA) is 66.8 Å². The number of ether oxygens (including phenoxy) is 1. The summed E-state index contributed by atoms with van der Waals surface area (Å²) < 4.78 is 6.24. The molecular weight excluding hydrogens is 432 g/mol. The van der Waals surface area contributed by atoms with Crippen molar-refractivity contribution in [1.82, 2.24) is 0 Å². The molecule has 0 saturated carbocycles. The summed E-state index contributed by atoms with van der Waals surface area (Å²) in [5, 5.41) is 21.5. The van der Waals surface area contributed by atoms with Gasteiger partial charge in [0.05, 0.1) is 5.92 Å². The smallest absolute Gasteiger partial charge is 0.348 e. The van der Waals surface area contributed by atoms with Crippen LogP contribution in [-0.2, 0) is 21.6 Å². The van der Waals surface area contributed by atoms with Gasteiger partial charge in [0.1, 0.15) is 11.0 Å². The van der Waals surface area contributed by atoms with Crippen LogP contribution in [0.25, 0.3) is 0 Å². The second-order valence-corrected chi connectivity index (χ2v) is 8.98. The number of rotatable bonds is 6. The molecule has 3 unspecified atom stereocenters. The summed E-state index contributed by atoms with van der Waals surface area (Å²) in [6.07, 6.45) is -0.434. The third-order valence-electron chi connectivity index (χ3n) is 6.58. The van der Waals surface area contributed by atoms with Gasteiger partial charge in [0, 0.05) is 23.7 Å². The molecule has 0 amide bonds. The van der Waals surface area contributed by atoms with E-state index in [1.165, 1.54) is 0 Å². The number of aryl methyl sites for hydroxylation is 1. The van der Waals surface area contributed by atoms with Gasteiger partial charge in [-0.05, 0) is 23.1 Å². The quantitative estimate of drug-likeness (QED) is 0.414. The number of carbonyl (C=O) groups is 1. The predicted molar refractivity (Wildman–Crippen MR) is 132 cm³/mol. The zero-order valence-electron chi connectivity index (χ0n) is 18.8. The third-order valence-corrected chi connectivity index (χ3v) is 6.99. The molecule has 1 aliphatic heterocycles. The van der Waals surface area contributed by atoms with Crippen LogP contribution in [0, 0.1) is 0 Å². The maximum absolute atomic E-state index is 13.0. The fraction of sp³-hybridized carbons (Fsp3) is 0.286. The Kier molecular flexibility index (Phi) is 6.75. The number of aliphatic hydroxyl groups excluding tert-OH is 2. The lowest BCUT2D eigenvalue weighted by molar-refractivity contribution is -0.157. The Hall–Kier alpha value is -2.86. The Morgan fingerprint density at radius 3 is 2.09 bits per heavy atom. The standard InChI is InChI=1S/C28H28O4S/c1-3-19-14-15-22(18(2)17-29)23(16-19)24-25(30)26(33)27(31)32-28(24,20-10-6-4-7-11-20)21-12-8-5-9-13-21/h4-16,18,24-25,29-30H,3,17H2,1-2H3. The number of thiocarbonyl (C=S) groups is 1. The molecule has 0 spiro atoms. The van der Waals surface area contributed by atoms with Crippen LogP contribution in [0.2, 0.25) is 0 Å². The van der Waals surface area contributed by atoms with E-state index in [-0.39, 0.29) is 17.4 Å². The second kappa shape index (κ2) is 9.56. The first kappa shape index (κ1) is 23.3. The first-order chi connectivity index (χ1) is 15.9. The summed E-state index contributed by atoms with van der Waals surface area (Å²) in [6, 6.07) is 25.1. The highest BCUT2D eigenvalue weighted by molar-refractivity contribution is 7.82. The number of carbonyl (C=O) groups excluding carboxylic acids is 1. The molecule has 0 aliphatic carbocycles. The highest BCUT2D eigenvalue weighted by Crippen LogP contribution is 2.51. The number of benzene rings is 3. The van der Waals surface area contributed by atoms with Gasteiger partial charge in [0.15, 0.2) is 5.60 Å². The van der Waals surface area contributed by atoms with E-state index in [1.807, 2.05) is 79.7 Å². The van der Waals surface area contributed by atoms with E-state index in [9.17, 15) is 15.0 Å². The van der Waals surface area contributed by atoms with E-state index < -0.39 is 23.6 Å². The molecule has 0 radical (unpaired) electrons. The molecule has 3 atom stereocenters. The zero-order chi connectivity index (χ0) is 23.6. The molecule has 2 N–H and O–H groups in total. The van der Waals surface area contributed by atoms with Crippen LogP contribution in [0.15, 0.2) is 78.9 Å². The Morgan fingerprint density at radius 1 is 1.00 bits per heavy atom. The van der Waals surface area contributed by atoms with Crippen LogP contribution in [0.1, 0.15) is 53.5 Å². The first-order valence-electron chi connectivity index (χ1n) is 11.2. The lowest BCUT2D eigenvalue weighted by atomic mass is 9.66. The van der Waals surface area contributed by atoms with Crippen LogP contribution < -0.4 is 0 Å². The van der Waals surface area contributed by atoms with Crippen molar-refractivity contribution in [2.75, 3.05) is 6.61 Å². The van der Waals surface area contributed by atoms with E-state index in [1.54, 1.807) is 0 Å². The fourth-order valence-corrected chi connectivity index (χ4v) is 5.00. The molecule has 1 heterocycles. The van der Waals surface area contributed by atoms with Gasteiger partial charge in [0.25, 0.3) is 0 Å². The molecule has 1 saturated heterocycles. The summed E-state index contributed by atoms with van der Waals surface area (Å²) >= 11 is 5.36. The molecule has 33 heavy (non-hydrogen) atoms. The average Bonchev–Trinajstić information content (AvgIpc) is 2.87. The first-order valence-corrected chi connectivity index (χ1v) is 11.6. The Labute approximate surface area is 199 Å². The minimum absolute atomic E-state index is 0.0464. The zero-order valence-corrected chi connectivity index (χ0v) is 19.6. The second-order valence-electron chi connectivity index (χ2n) is 8.54. The van der Waals surface area contributed by atoms with Crippen molar-refractivity contribution in [2.45, 2.75) is 43.8 Å². The Balaban J connectivity index is 2.09. The highest BCUT2D eigenvalue weighted by Gasteiger charge is 2.56. The monoisotopic (exact) mass is 460 g/mol. The van der Waals surface area contributed by atoms with E-state index in [0.717, 1.165) is 34.2 Å². The molecule has 1 fully saturated rings. The largest absolute Gasteiger partial charge is 0.444 e. The van der Waals surface area contributed by atoms with Crippen LogP contribution in [0.3, 0.4) is 0 Å². The SMILES string of the molecule is CCc1ccc(C(C)CO)c(C2C(O)C(=S)C(=O)OC2(c2ccccc2)c2ccccc2)c1. The molecule has 5 heteroatoms. The van der Waals surface area contributed by atoms with Crippen LogP contribution in [-0.4, -0.2) is 33.8 Å². The van der Waals surface area contributed by atoms with Crippen molar-refractivity contribution in [2.24, 2.45) is 0 Å². The summed E-state index contributed by atoms with van der Waals surface area (Å²) in [4.78, 5) is 12.8. The minimum Gasteiger partial charge on any atom is -0.444 e. The number of hydrogen-bond acceptors (Lipinski definition) is 5. The van der Waals surface area contributed by atoms with Crippen LogP contribution in [0.4, 0.5) is 0 Å². The highest BCUT2D eigenvalue weighted by atomic mass is 32.1. The predicted octanol–water partition coefficient (Wildman–Crippen LogP) is 4.66. The van der Waals surface area contributed by atoms with E-state index in [0.29, 0.717) is 0 Å². The van der Waals surface area contributed by atoms with Gasteiger partial charge in [-0.2, -0.15) is 0 Å². The molecule has 0 aromatic heterocycles. The van der Waals surface area contributed by atoms with E-state index >= 15 is 0 Å². The summed E-state index contributed by atoms with van der Waals surface area (Å²) in [5.41, 5.74) is 3.02. The van der Waals surface area contributed by atoms with Crippen molar-refractivity contribution in [3.8, 4) is 0 Å². The van der Waals surface area contributed by atoms with E-state index in [4.69, 9.17) is 17.0 Å². The van der Waals surface area contributed by atoms with Crippen LogP contribution >= 0.6 is 12.2 Å². The van der Waals surface area contributed by atoms with Crippen molar-refractivity contribution in [1.29, 1.82) is 0 Å². The molecular formula is C28H28O4S. The Bertz CT molecular complexity index is 1100. The Morgan fingerprint density at radius 2 is 1.58 bits per heavy atom. The van der Waals surface area contributed by atoms with Gasteiger partial charge in [-0.15, -0.1) is 0 Å². The maximum atomic E-state index is 13.0. The van der Waals surface area contributed by atoms with Crippen LogP contribution in [0.5, 0.6) is 0 Å². The summed E-state index contributed by atoms with van der Waals surface area (Å²) in [5.74, 6) is -1.55. The molecule has 3 aromatic rings. The van der Waals surface area contributed by atoms with Crippen molar-refractivity contribution in [3.63, 3.8) is 0 Å². The van der Waals surface area contributed by atoms with Crippen molar-refractivity contribution >= 4 is 23.1 Å². The lowest BCUT2D eigenvalue weighted by Crippen LogP contribution is -2.54. The minimum atomic E-state index is -1.29. The van der Waals surface area contributed by atoms with Gasteiger partial charge in [0.2, 0.25) is 0 Å². The number of hydrogen-bond donors (Lipinski definition) is 2. The van der Waals surface area contributed by atoms with Gasteiger partial charge < -0.3 is 14.9 Å². The molecule has 4 rings (SSSR count). The molecule has 1 aliphatic rings. The van der Waals surface area contributed by atoms with Gasteiger partial charge >= 0.3 is 5.97 Å². The molecule has 170 valence electrons. The normalized spacial score (nSPS) is 20.8. The maximum Gasteiger partial charge on any atom is 0.348 e. The van der Waals surface area contributed by atoms with Gasteiger partial charge in [-0.3, -0.25) is 0 Å². The average molecular weight is 461 g/mol. The fourth-order valence-electron chi connectivity index (χ4n) is 4.82. The van der Waals surface area contributed by atoms with Crippen molar-refractivity contribution in [3.05, 3.63) is 107 Å². The van der Waals surface area contributed by atoms with E-state index in [2.05, 4.69) is 13.0 Å². The molecule has 4 nitrogen and oxygen atoms in total.